The smallest absolute Gasteiger partial charge is 0.221 e. The van der Waals surface area contributed by atoms with Crippen LogP contribution in [0.25, 0.3) is 0 Å². The molecule has 1 aliphatic carbocycles. The highest BCUT2D eigenvalue weighted by Gasteiger charge is 2.30. The number of rotatable bonds is 6. The Hall–Kier alpha value is -0.650. The summed E-state index contributed by atoms with van der Waals surface area (Å²) in [5.41, 5.74) is 5.85. The van der Waals surface area contributed by atoms with Gasteiger partial charge in [-0.2, -0.15) is 0 Å². The van der Waals surface area contributed by atoms with Gasteiger partial charge in [-0.3, -0.25) is 9.69 Å². The summed E-state index contributed by atoms with van der Waals surface area (Å²) in [5, 5.41) is 3.04. The largest absolute Gasteiger partial charge is 0.378 e. The molecule has 2 atom stereocenters. The highest BCUT2D eigenvalue weighted by molar-refractivity contribution is 5.77. The van der Waals surface area contributed by atoms with Crippen molar-refractivity contribution in [2.75, 3.05) is 26.3 Å². The van der Waals surface area contributed by atoms with Crippen molar-refractivity contribution < 1.29 is 9.53 Å². The SMILES string of the molecule is CCC1COCCN1C(CN)CC(=O)NC1CC1. The van der Waals surface area contributed by atoms with E-state index in [0.29, 0.717) is 25.0 Å². The molecular formula is C13H25N3O2. The van der Waals surface area contributed by atoms with Crippen molar-refractivity contribution in [1.29, 1.82) is 0 Å². The van der Waals surface area contributed by atoms with Gasteiger partial charge in [-0.1, -0.05) is 6.92 Å². The van der Waals surface area contributed by atoms with Crippen molar-refractivity contribution in [3.63, 3.8) is 0 Å². The summed E-state index contributed by atoms with van der Waals surface area (Å²) in [6.45, 7) is 5.09. The lowest BCUT2D eigenvalue weighted by Gasteiger charge is -2.40. The Bertz CT molecular complexity index is 281. The van der Waals surface area contributed by atoms with Gasteiger partial charge in [0.05, 0.1) is 13.2 Å². The summed E-state index contributed by atoms with van der Waals surface area (Å²) < 4.78 is 5.49. The maximum absolute atomic E-state index is 11.9. The van der Waals surface area contributed by atoms with E-state index in [1.807, 2.05) is 0 Å². The minimum absolute atomic E-state index is 0.147. The number of hydrogen-bond acceptors (Lipinski definition) is 4. The van der Waals surface area contributed by atoms with Crippen LogP contribution in [0.5, 0.6) is 0 Å². The zero-order chi connectivity index (χ0) is 13.0. The van der Waals surface area contributed by atoms with Crippen molar-refractivity contribution in [2.24, 2.45) is 5.73 Å². The molecule has 0 aromatic heterocycles. The molecule has 2 fully saturated rings. The van der Waals surface area contributed by atoms with Crippen LogP contribution in [0.15, 0.2) is 0 Å². The van der Waals surface area contributed by atoms with Crippen LogP contribution in [-0.2, 0) is 9.53 Å². The lowest BCUT2D eigenvalue weighted by molar-refractivity contribution is -0.123. The van der Waals surface area contributed by atoms with E-state index in [4.69, 9.17) is 10.5 Å². The van der Waals surface area contributed by atoms with Crippen molar-refractivity contribution in [3.05, 3.63) is 0 Å². The fraction of sp³-hybridized carbons (Fsp3) is 0.923. The Kier molecular flexibility index (Phi) is 4.97. The van der Waals surface area contributed by atoms with Crippen molar-refractivity contribution in [2.45, 2.75) is 50.7 Å². The van der Waals surface area contributed by atoms with Gasteiger partial charge < -0.3 is 15.8 Å². The van der Waals surface area contributed by atoms with Gasteiger partial charge in [0, 0.05) is 37.6 Å². The minimum Gasteiger partial charge on any atom is -0.378 e. The third-order valence-electron chi connectivity index (χ3n) is 3.85. The maximum atomic E-state index is 11.9. The van der Waals surface area contributed by atoms with Crippen molar-refractivity contribution in [1.82, 2.24) is 10.2 Å². The number of hydrogen-bond donors (Lipinski definition) is 2. The Morgan fingerprint density at radius 2 is 2.33 bits per heavy atom. The summed E-state index contributed by atoms with van der Waals surface area (Å²) in [6.07, 6.45) is 3.83. The topological polar surface area (TPSA) is 67.6 Å². The first kappa shape index (κ1) is 13.8. The fourth-order valence-electron chi connectivity index (χ4n) is 2.56. The molecule has 1 saturated carbocycles. The van der Waals surface area contributed by atoms with Crippen LogP contribution in [-0.4, -0.2) is 55.2 Å². The molecule has 2 rings (SSSR count). The van der Waals surface area contributed by atoms with Gasteiger partial charge in [-0.05, 0) is 19.3 Å². The number of amides is 1. The summed E-state index contributed by atoms with van der Waals surface area (Å²) in [7, 11) is 0. The molecule has 1 aliphatic heterocycles. The number of morpholine rings is 1. The van der Waals surface area contributed by atoms with Gasteiger partial charge in [0.1, 0.15) is 0 Å². The predicted molar refractivity (Wildman–Crippen MR) is 70.2 cm³/mol. The van der Waals surface area contributed by atoms with E-state index in [1.54, 1.807) is 0 Å². The number of nitrogens with zero attached hydrogens (tertiary/aromatic N) is 1. The van der Waals surface area contributed by atoms with Crippen molar-refractivity contribution in [3.8, 4) is 0 Å². The normalized spacial score (nSPS) is 26.9. The molecule has 104 valence electrons. The quantitative estimate of drug-likeness (QED) is 0.706. The highest BCUT2D eigenvalue weighted by Crippen LogP contribution is 2.20. The summed E-state index contributed by atoms with van der Waals surface area (Å²) in [4.78, 5) is 14.2. The van der Waals surface area contributed by atoms with Crippen LogP contribution in [0.3, 0.4) is 0 Å². The van der Waals surface area contributed by atoms with E-state index in [9.17, 15) is 4.79 Å². The van der Waals surface area contributed by atoms with Gasteiger partial charge in [0.25, 0.3) is 0 Å². The first-order chi connectivity index (χ1) is 8.74. The summed E-state index contributed by atoms with van der Waals surface area (Å²) in [6, 6.07) is 0.987. The Balaban J connectivity index is 1.86. The zero-order valence-electron chi connectivity index (χ0n) is 11.2. The second-order valence-electron chi connectivity index (χ2n) is 5.31. The molecule has 18 heavy (non-hydrogen) atoms. The van der Waals surface area contributed by atoms with Crippen LogP contribution < -0.4 is 11.1 Å². The molecule has 0 spiro atoms. The molecule has 0 bridgehead atoms. The predicted octanol–water partition coefficient (Wildman–Crippen LogP) is 0.0932. The number of carbonyl (C=O) groups is 1. The molecule has 0 aromatic rings. The number of nitrogens with two attached hydrogens (primary N) is 1. The minimum atomic E-state index is 0.147. The van der Waals surface area contributed by atoms with Crippen LogP contribution in [0.1, 0.15) is 32.6 Å². The standard InChI is InChI=1S/C13H25N3O2/c1-2-11-9-18-6-5-16(11)12(8-14)7-13(17)15-10-3-4-10/h10-12H,2-9,14H2,1H3,(H,15,17). The molecule has 1 amide bonds. The van der Waals surface area contributed by atoms with E-state index in [-0.39, 0.29) is 11.9 Å². The highest BCUT2D eigenvalue weighted by atomic mass is 16.5. The monoisotopic (exact) mass is 255 g/mol. The molecule has 5 nitrogen and oxygen atoms in total. The molecule has 1 saturated heterocycles. The number of nitrogens with one attached hydrogen (secondary N) is 1. The number of ether oxygens (including phenoxy) is 1. The Labute approximate surface area is 109 Å². The van der Waals surface area contributed by atoms with E-state index in [2.05, 4.69) is 17.1 Å². The molecule has 2 aliphatic rings. The van der Waals surface area contributed by atoms with Crippen LogP contribution >= 0.6 is 0 Å². The van der Waals surface area contributed by atoms with E-state index in [1.165, 1.54) is 0 Å². The van der Waals surface area contributed by atoms with Gasteiger partial charge in [-0.25, -0.2) is 0 Å². The Morgan fingerprint density at radius 1 is 1.56 bits per heavy atom. The lowest BCUT2D eigenvalue weighted by atomic mass is 10.1. The Morgan fingerprint density at radius 3 is 2.94 bits per heavy atom. The van der Waals surface area contributed by atoms with Gasteiger partial charge in [0.15, 0.2) is 0 Å². The van der Waals surface area contributed by atoms with Crippen LogP contribution in [0.2, 0.25) is 0 Å². The molecular weight excluding hydrogens is 230 g/mol. The average molecular weight is 255 g/mol. The maximum Gasteiger partial charge on any atom is 0.221 e. The van der Waals surface area contributed by atoms with Gasteiger partial charge in [-0.15, -0.1) is 0 Å². The second kappa shape index (κ2) is 6.50. The average Bonchev–Trinajstić information content (AvgIpc) is 3.19. The molecule has 5 heteroatoms. The lowest BCUT2D eigenvalue weighted by Crippen LogP contribution is -2.54. The third kappa shape index (κ3) is 3.67. The molecule has 0 radical (unpaired) electrons. The van der Waals surface area contributed by atoms with E-state index in [0.717, 1.165) is 39.0 Å². The van der Waals surface area contributed by atoms with Gasteiger partial charge >= 0.3 is 0 Å². The van der Waals surface area contributed by atoms with Gasteiger partial charge in [0.2, 0.25) is 5.91 Å². The number of carbonyl (C=O) groups excluding carboxylic acids is 1. The second-order valence-corrected chi connectivity index (χ2v) is 5.31. The fourth-order valence-corrected chi connectivity index (χ4v) is 2.56. The molecule has 0 aromatic carbocycles. The van der Waals surface area contributed by atoms with Crippen LogP contribution in [0.4, 0.5) is 0 Å². The molecule has 2 unspecified atom stereocenters. The molecule has 3 N–H and O–H groups in total. The van der Waals surface area contributed by atoms with E-state index < -0.39 is 0 Å². The first-order valence-electron chi connectivity index (χ1n) is 7.07. The molecule has 1 heterocycles. The van der Waals surface area contributed by atoms with E-state index >= 15 is 0 Å². The first-order valence-corrected chi connectivity index (χ1v) is 7.07. The third-order valence-corrected chi connectivity index (χ3v) is 3.85. The van der Waals surface area contributed by atoms with Crippen LogP contribution in [0, 0.1) is 0 Å². The summed E-state index contributed by atoms with van der Waals surface area (Å²) in [5.74, 6) is 0.147. The zero-order valence-corrected chi connectivity index (χ0v) is 11.2. The van der Waals surface area contributed by atoms with Crippen molar-refractivity contribution >= 4 is 5.91 Å². The summed E-state index contributed by atoms with van der Waals surface area (Å²) >= 11 is 0.